The molecule has 6 heteroatoms. The first kappa shape index (κ1) is 14.8. The largest absolute Gasteiger partial charge is 0.398 e. The van der Waals surface area contributed by atoms with Crippen LogP contribution in [0.3, 0.4) is 0 Å². The SMILES string of the molecule is Cc1c(N)cc(Br)cc1C(=O)N1CCC(C(N)=O)CC1. The van der Waals surface area contributed by atoms with Crippen molar-refractivity contribution in [2.75, 3.05) is 18.8 Å². The Balaban J connectivity index is 2.15. The highest BCUT2D eigenvalue weighted by molar-refractivity contribution is 9.10. The van der Waals surface area contributed by atoms with E-state index in [9.17, 15) is 9.59 Å². The van der Waals surface area contributed by atoms with E-state index in [0.29, 0.717) is 37.2 Å². The molecule has 1 fully saturated rings. The van der Waals surface area contributed by atoms with E-state index in [1.54, 1.807) is 17.0 Å². The first-order valence-electron chi connectivity index (χ1n) is 6.54. The summed E-state index contributed by atoms with van der Waals surface area (Å²) in [6, 6.07) is 3.57. The molecule has 0 saturated carbocycles. The van der Waals surface area contributed by atoms with Crippen LogP contribution < -0.4 is 11.5 Å². The van der Waals surface area contributed by atoms with Gasteiger partial charge in [0.15, 0.2) is 0 Å². The van der Waals surface area contributed by atoms with Gasteiger partial charge in [-0.3, -0.25) is 9.59 Å². The number of benzene rings is 1. The summed E-state index contributed by atoms with van der Waals surface area (Å²) in [5, 5.41) is 0. The number of likely N-dealkylation sites (tertiary alicyclic amines) is 1. The fourth-order valence-electron chi connectivity index (χ4n) is 2.46. The summed E-state index contributed by atoms with van der Waals surface area (Å²) in [6.07, 6.45) is 1.26. The zero-order chi connectivity index (χ0) is 14.9. The Morgan fingerprint density at radius 2 is 1.90 bits per heavy atom. The molecule has 20 heavy (non-hydrogen) atoms. The van der Waals surface area contributed by atoms with Crippen molar-refractivity contribution in [3.63, 3.8) is 0 Å². The van der Waals surface area contributed by atoms with E-state index >= 15 is 0 Å². The third-order valence-corrected chi connectivity index (χ3v) is 4.29. The summed E-state index contributed by atoms with van der Waals surface area (Å²) in [5.74, 6) is -0.439. The third-order valence-electron chi connectivity index (χ3n) is 3.83. The number of nitrogens with two attached hydrogens (primary N) is 2. The van der Waals surface area contributed by atoms with Crippen molar-refractivity contribution in [1.29, 1.82) is 0 Å². The molecule has 1 aromatic rings. The lowest BCUT2D eigenvalue weighted by Crippen LogP contribution is -2.42. The summed E-state index contributed by atoms with van der Waals surface area (Å²) in [7, 11) is 0. The lowest BCUT2D eigenvalue weighted by atomic mass is 9.95. The Bertz CT molecular complexity index is 552. The maximum absolute atomic E-state index is 12.5. The number of anilines is 1. The molecule has 0 aliphatic carbocycles. The molecule has 1 aliphatic rings. The quantitative estimate of drug-likeness (QED) is 0.803. The van der Waals surface area contributed by atoms with Crippen molar-refractivity contribution in [1.82, 2.24) is 4.90 Å². The van der Waals surface area contributed by atoms with Gasteiger partial charge in [-0.25, -0.2) is 0 Å². The van der Waals surface area contributed by atoms with Gasteiger partial charge >= 0.3 is 0 Å². The summed E-state index contributed by atoms with van der Waals surface area (Å²) < 4.78 is 0.788. The van der Waals surface area contributed by atoms with Crippen LogP contribution in [-0.4, -0.2) is 29.8 Å². The molecule has 0 bridgehead atoms. The Labute approximate surface area is 126 Å². The maximum atomic E-state index is 12.5. The third kappa shape index (κ3) is 2.95. The molecule has 1 aromatic carbocycles. The second-order valence-corrected chi connectivity index (χ2v) is 6.05. The number of nitrogen functional groups attached to an aromatic ring is 1. The van der Waals surface area contributed by atoms with Crippen LogP contribution in [0.15, 0.2) is 16.6 Å². The van der Waals surface area contributed by atoms with Gasteiger partial charge in [0.25, 0.3) is 5.91 Å². The minimum Gasteiger partial charge on any atom is -0.398 e. The average Bonchev–Trinajstić information content (AvgIpc) is 2.42. The minimum atomic E-state index is -0.278. The molecule has 0 spiro atoms. The number of carbonyl (C=O) groups is 2. The van der Waals surface area contributed by atoms with Crippen LogP contribution in [0.1, 0.15) is 28.8 Å². The minimum absolute atomic E-state index is 0.0431. The first-order chi connectivity index (χ1) is 9.40. The van der Waals surface area contributed by atoms with E-state index in [0.717, 1.165) is 10.0 Å². The normalized spacial score (nSPS) is 16.2. The van der Waals surface area contributed by atoms with Crippen molar-refractivity contribution >= 4 is 33.4 Å². The van der Waals surface area contributed by atoms with Gasteiger partial charge in [0.2, 0.25) is 5.91 Å². The fraction of sp³-hybridized carbons (Fsp3) is 0.429. The van der Waals surface area contributed by atoms with Crippen LogP contribution in [-0.2, 0) is 4.79 Å². The van der Waals surface area contributed by atoms with Gasteiger partial charge in [0.1, 0.15) is 0 Å². The van der Waals surface area contributed by atoms with Crippen LogP contribution in [0.5, 0.6) is 0 Å². The van der Waals surface area contributed by atoms with Gasteiger partial charge in [-0.1, -0.05) is 15.9 Å². The highest BCUT2D eigenvalue weighted by Gasteiger charge is 2.27. The lowest BCUT2D eigenvalue weighted by Gasteiger charge is -2.31. The van der Waals surface area contributed by atoms with E-state index < -0.39 is 0 Å². The first-order valence-corrected chi connectivity index (χ1v) is 7.33. The number of hydrogen-bond donors (Lipinski definition) is 2. The van der Waals surface area contributed by atoms with Crippen LogP contribution in [0, 0.1) is 12.8 Å². The van der Waals surface area contributed by atoms with Gasteiger partial charge in [-0.15, -0.1) is 0 Å². The number of rotatable bonds is 2. The molecular weight excluding hydrogens is 322 g/mol. The van der Waals surface area contributed by atoms with Crippen molar-refractivity contribution < 1.29 is 9.59 Å². The van der Waals surface area contributed by atoms with E-state index in [2.05, 4.69) is 15.9 Å². The molecule has 0 unspecified atom stereocenters. The Kier molecular flexibility index (Phi) is 4.32. The molecule has 1 aliphatic heterocycles. The van der Waals surface area contributed by atoms with Crippen molar-refractivity contribution in [2.45, 2.75) is 19.8 Å². The van der Waals surface area contributed by atoms with E-state index in [-0.39, 0.29) is 17.7 Å². The molecular formula is C14H18BrN3O2. The van der Waals surface area contributed by atoms with E-state index in [1.165, 1.54) is 0 Å². The van der Waals surface area contributed by atoms with Gasteiger partial charge < -0.3 is 16.4 Å². The molecule has 1 saturated heterocycles. The highest BCUT2D eigenvalue weighted by Crippen LogP contribution is 2.25. The summed E-state index contributed by atoms with van der Waals surface area (Å²) in [5.41, 5.74) is 13.2. The predicted molar refractivity (Wildman–Crippen MR) is 81.1 cm³/mol. The predicted octanol–water partition coefficient (Wildman–Crippen LogP) is 1.68. The van der Waals surface area contributed by atoms with Gasteiger partial charge in [-0.05, 0) is 37.5 Å². The van der Waals surface area contributed by atoms with E-state index in [4.69, 9.17) is 11.5 Å². The second kappa shape index (κ2) is 5.83. The highest BCUT2D eigenvalue weighted by atomic mass is 79.9. The molecule has 2 rings (SSSR count). The fourth-order valence-corrected chi connectivity index (χ4v) is 2.94. The van der Waals surface area contributed by atoms with Crippen LogP contribution in [0.4, 0.5) is 5.69 Å². The molecule has 5 nitrogen and oxygen atoms in total. The topological polar surface area (TPSA) is 89.4 Å². The summed E-state index contributed by atoms with van der Waals surface area (Å²) >= 11 is 3.36. The van der Waals surface area contributed by atoms with Crippen molar-refractivity contribution in [2.24, 2.45) is 11.7 Å². The molecule has 0 radical (unpaired) electrons. The number of primary amides is 1. The van der Waals surface area contributed by atoms with E-state index in [1.807, 2.05) is 6.92 Å². The summed E-state index contributed by atoms with van der Waals surface area (Å²) in [6.45, 7) is 2.95. The maximum Gasteiger partial charge on any atom is 0.254 e. The smallest absolute Gasteiger partial charge is 0.254 e. The molecule has 0 atom stereocenters. The second-order valence-electron chi connectivity index (χ2n) is 5.14. The molecule has 108 valence electrons. The van der Waals surface area contributed by atoms with Gasteiger partial charge in [0, 0.05) is 34.7 Å². The Hall–Kier alpha value is -1.56. The van der Waals surface area contributed by atoms with Crippen LogP contribution >= 0.6 is 15.9 Å². The Morgan fingerprint density at radius 1 is 1.30 bits per heavy atom. The molecule has 1 heterocycles. The molecule has 4 N–H and O–H groups in total. The zero-order valence-corrected chi connectivity index (χ0v) is 12.9. The number of nitrogens with zero attached hydrogens (tertiary/aromatic N) is 1. The molecule has 2 amide bonds. The van der Waals surface area contributed by atoms with Gasteiger partial charge in [-0.2, -0.15) is 0 Å². The standard InChI is InChI=1S/C14H18BrN3O2/c1-8-11(6-10(15)7-12(8)16)14(20)18-4-2-9(3-5-18)13(17)19/h6-7,9H,2-5,16H2,1H3,(H2,17,19). The Morgan fingerprint density at radius 3 is 2.45 bits per heavy atom. The average molecular weight is 340 g/mol. The number of hydrogen-bond acceptors (Lipinski definition) is 3. The number of carbonyl (C=O) groups excluding carboxylic acids is 2. The zero-order valence-electron chi connectivity index (χ0n) is 11.4. The van der Waals surface area contributed by atoms with Crippen LogP contribution in [0.2, 0.25) is 0 Å². The summed E-state index contributed by atoms with van der Waals surface area (Å²) in [4.78, 5) is 25.4. The van der Waals surface area contributed by atoms with Gasteiger partial charge in [0.05, 0.1) is 0 Å². The number of halogens is 1. The lowest BCUT2D eigenvalue weighted by molar-refractivity contribution is -0.123. The molecule has 0 aromatic heterocycles. The number of amides is 2. The number of piperidine rings is 1. The van der Waals surface area contributed by atoms with Crippen molar-refractivity contribution in [3.8, 4) is 0 Å². The van der Waals surface area contributed by atoms with Crippen LogP contribution in [0.25, 0.3) is 0 Å². The van der Waals surface area contributed by atoms with Crippen molar-refractivity contribution in [3.05, 3.63) is 27.7 Å². The monoisotopic (exact) mass is 339 g/mol.